The summed E-state index contributed by atoms with van der Waals surface area (Å²) in [6, 6.07) is 2.53. The average Bonchev–Trinajstić information content (AvgIpc) is 2.40. The molecule has 0 aliphatic carbocycles. The van der Waals surface area contributed by atoms with Crippen molar-refractivity contribution in [2.45, 2.75) is 11.4 Å². The van der Waals surface area contributed by atoms with Crippen molar-refractivity contribution in [3.63, 3.8) is 0 Å². The first-order valence-corrected chi connectivity index (χ1v) is 8.62. The van der Waals surface area contributed by atoms with Crippen molar-refractivity contribution in [1.82, 2.24) is 4.90 Å². The Balaban J connectivity index is 2.47. The van der Waals surface area contributed by atoms with Crippen LogP contribution in [0.15, 0.2) is 17.0 Å². The Kier molecular flexibility index (Phi) is 4.88. The van der Waals surface area contributed by atoms with Crippen LogP contribution < -0.4 is 0 Å². The molecular weight excluding hydrogens is 318 g/mol. The Morgan fingerprint density at radius 2 is 2.00 bits per heavy atom. The molecule has 0 amide bonds. The van der Waals surface area contributed by atoms with E-state index in [1.54, 1.807) is 0 Å². The minimum Gasteiger partial charge on any atom is -0.478 e. The van der Waals surface area contributed by atoms with Gasteiger partial charge in [-0.2, -0.15) is 0 Å². The van der Waals surface area contributed by atoms with Gasteiger partial charge in [-0.15, -0.1) is 0 Å². The SMILES string of the molecule is CS(=O)(=O)c1ccc(C(=O)O)c(Cl)c1CN1CCOCC1. The highest BCUT2D eigenvalue weighted by Crippen LogP contribution is 2.29. The van der Waals surface area contributed by atoms with Gasteiger partial charge in [0.1, 0.15) is 0 Å². The van der Waals surface area contributed by atoms with Crippen LogP contribution in [0.4, 0.5) is 0 Å². The van der Waals surface area contributed by atoms with Crippen LogP contribution in [0, 0.1) is 0 Å². The molecule has 0 spiro atoms. The maximum atomic E-state index is 11.9. The number of benzene rings is 1. The summed E-state index contributed by atoms with van der Waals surface area (Å²) in [4.78, 5) is 13.2. The van der Waals surface area contributed by atoms with Crippen molar-refractivity contribution in [3.8, 4) is 0 Å². The number of aromatic carboxylic acids is 1. The summed E-state index contributed by atoms with van der Waals surface area (Å²) in [5, 5.41) is 9.11. The molecule has 1 fully saturated rings. The van der Waals surface area contributed by atoms with Crippen molar-refractivity contribution in [3.05, 3.63) is 28.3 Å². The van der Waals surface area contributed by atoms with Gasteiger partial charge < -0.3 is 9.84 Å². The van der Waals surface area contributed by atoms with Crippen LogP contribution >= 0.6 is 11.6 Å². The van der Waals surface area contributed by atoms with E-state index in [-0.39, 0.29) is 22.0 Å². The monoisotopic (exact) mass is 333 g/mol. The van der Waals surface area contributed by atoms with E-state index in [9.17, 15) is 13.2 Å². The molecule has 1 aromatic rings. The number of hydrogen-bond acceptors (Lipinski definition) is 5. The quantitative estimate of drug-likeness (QED) is 0.893. The molecule has 0 saturated carbocycles. The molecule has 0 atom stereocenters. The topological polar surface area (TPSA) is 83.9 Å². The Hall–Kier alpha value is -1.15. The number of hydrogen-bond donors (Lipinski definition) is 1. The normalized spacial score (nSPS) is 16.9. The minimum atomic E-state index is -3.48. The molecule has 1 N–H and O–H groups in total. The van der Waals surface area contributed by atoms with Gasteiger partial charge >= 0.3 is 5.97 Å². The fourth-order valence-corrected chi connectivity index (χ4v) is 3.54. The summed E-state index contributed by atoms with van der Waals surface area (Å²) in [7, 11) is -3.48. The first kappa shape index (κ1) is 16.2. The summed E-state index contributed by atoms with van der Waals surface area (Å²) in [6.45, 7) is 2.70. The molecule has 6 nitrogen and oxygen atoms in total. The number of carboxylic acid groups (broad SMARTS) is 1. The molecule has 116 valence electrons. The molecule has 21 heavy (non-hydrogen) atoms. The number of halogens is 1. The van der Waals surface area contributed by atoms with Gasteiger partial charge in [0.05, 0.1) is 28.7 Å². The lowest BCUT2D eigenvalue weighted by Crippen LogP contribution is -2.36. The van der Waals surface area contributed by atoms with Gasteiger partial charge in [-0.3, -0.25) is 4.90 Å². The van der Waals surface area contributed by atoms with Crippen LogP contribution in [0.1, 0.15) is 15.9 Å². The van der Waals surface area contributed by atoms with Crippen molar-refractivity contribution >= 4 is 27.4 Å². The fraction of sp³-hybridized carbons (Fsp3) is 0.462. The lowest BCUT2D eigenvalue weighted by Gasteiger charge is -2.27. The van der Waals surface area contributed by atoms with Crippen LogP contribution in [0.2, 0.25) is 5.02 Å². The number of carboxylic acids is 1. The van der Waals surface area contributed by atoms with E-state index in [0.717, 1.165) is 6.26 Å². The molecular formula is C13H16ClNO5S. The Labute approximate surface area is 128 Å². The van der Waals surface area contributed by atoms with Crippen molar-refractivity contribution in [2.24, 2.45) is 0 Å². The number of morpholine rings is 1. The number of nitrogens with zero attached hydrogens (tertiary/aromatic N) is 1. The zero-order valence-electron chi connectivity index (χ0n) is 11.5. The number of carbonyl (C=O) groups is 1. The van der Waals surface area contributed by atoms with Crippen LogP contribution in [0.5, 0.6) is 0 Å². The average molecular weight is 334 g/mol. The molecule has 0 unspecified atom stereocenters. The third-order valence-corrected chi connectivity index (χ3v) is 4.93. The predicted octanol–water partition coefficient (Wildman–Crippen LogP) is 1.27. The number of ether oxygens (including phenoxy) is 1. The summed E-state index contributed by atoms with van der Waals surface area (Å²) in [5.74, 6) is -1.18. The first-order valence-electron chi connectivity index (χ1n) is 6.35. The van der Waals surface area contributed by atoms with Crippen molar-refractivity contribution in [2.75, 3.05) is 32.6 Å². The lowest BCUT2D eigenvalue weighted by molar-refractivity contribution is 0.0338. The maximum absolute atomic E-state index is 11.9. The minimum absolute atomic E-state index is 0.0167. The van der Waals surface area contributed by atoms with E-state index in [1.807, 2.05) is 4.90 Å². The van der Waals surface area contributed by atoms with Crippen molar-refractivity contribution < 1.29 is 23.1 Å². The van der Waals surface area contributed by atoms with Crippen molar-refractivity contribution in [1.29, 1.82) is 0 Å². The maximum Gasteiger partial charge on any atom is 0.337 e. The zero-order chi connectivity index (χ0) is 15.6. The first-order chi connectivity index (χ1) is 9.80. The second kappa shape index (κ2) is 6.31. The standard InChI is InChI=1S/C13H16ClNO5S/c1-21(18,19)11-3-2-9(13(16)17)12(14)10(11)8-15-4-6-20-7-5-15/h2-3H,4-8H2,1H3,(H,16,17). The van der Waals surface area contributed by atoms with E-state index in [2.05, 4.69) is 0 Å². The summed E-state index contributed by atoms with van der Waals surface area (Å²) in [6.07, 6.45) is 1.09. The predicted molar refractivity (Wildman–Crippen MR) is 77.6 cm³/mol. The van der Waals surface area contributed by atoms with Gasteiger partial charge in [-0.25, -0.2) is 13.2 Å². The highest BCUT2D eigenvalue weighted by molar-refractivity contribution is 7.90. The summed E-state index contributed by atoms with van der Waals surface area (Å²) >= 11 is 6.13. The van der Waals surface area contributed by atoms with E-state index in [4.69, 9.17) is 21.4 Å². The third-order valence-electron chi connectivity index (χ3n) is 3.32. The molecule has 1 heterocycles. The van der Waals surface area contributed by atoms with E-state index < -0.39 is 15.8 Å². The highest BCUT2D eigenvalue weighted by atomic mass is 35.5. The Bertz CT molecular complexity index is 653. The smallest absolute Gasteiger partial charge is 0.337 e. The van der Waals surface area contributed by atoms with Crippen LogP contribution in [0.3, 0.4) is 0 Å². The number of rotatable bonds is 4. The summed E-state index contributed by atoms with van der Waals surface area (Å²) < 4.78 is 29.0. The van der Waals surface area contributed by atoms with E-state index >= 15 is 0 Å². The molecule has 0 aromatic heterocycles. The van der Waals surface area contributed by atoms with E-state index in [1.165, 1.54) is 12.1 Å². The van der Waals surface area contributed by atoms with Crippen LogP contribution in [0.25, 0.3) is 0 Å². The second-order valence-electron chi connectivity index (χ2n) is 4.87. The summed E-state index contributed by atoms with van der Waals surface area (Å²) in [5.41, 5.74) is 0.244. The Morgan fingerprint density at radius 3 is 2.52 bits per heavy atom. The molecule has 1 aromatic carbocycles. The molecule has 0 radical (unpaired) electrons. The van der Waals surface area contributed by atoms with Gasteiger partial charge in [0.25, 0.3) is 0 Å². The van der Waals surface area contributed by atoms with Gasteiger partial charge in [0, 0.05) is 31.5 Å². The Morgan fingerprint density at radius 1 is 1.38 bits per heavy atom. The fourth-order valence-electron chi connectivity index (χ4n) is 2.25. The highest BCUT2D eigenvalue weighted by Gasteiger charge is 2.23. The van der Waals surface area contributed by atoms with Crippen LogP contribution in [-0.4, -0.2) is 57.0 Å². The van der Waals surface area contributed by atoms with Gasteiger partial charge in [0.15, 0.2) is 9.84 Å². The van der Waals surface area contributed by atoms with Gasteiger partial charge in [-0.05, 0) is 12.1 Å². The van der Waals surface area contributed by atoms with E-state index in [0.29, 0.717) is 31.9 Å². The lowest BCUT2D eigenvalue weighted by atomic mass is 10.1. The zero-order valence-corrected chi connectivity index (χ0v) is 13.1. The largest absolute Gasteiger partial charge is 0.478 e. The molecule has 1 aliphatic rings. The van der Waals surface area contributed by atoms with Crippen LogP contribution in [-0.2, 0) is 21.1 Å². The molecule has 1 saturated heterocycles. The second-order valence-corrected chi connectivity index (χ2v) is 7.23. The number of sulfone groups is 1. The molecule has 1 aliphatic heterocycles. The third kappa shape index (κ3) is 3.74. The van der Waals surface area contributed by atoms with Gasteiger partial charge in [-0.1, -0.05) is 11.6 Å². The molecule has 0 bridgehead atoms. The molecule has 2 rings (SSSR count). The van der Waals surface area contributed by atoms with Gasteiger partial charge in [0.2, 0.25) is 0 Å². The molecule has 8 heteroatoms.